The Hall–Kier alpha value is -7.75. The summed E-state index contributed by atoms with van der Waals surface area (Å²) in [7, 11) is 0. The number of aromatic nitrogens is 3. The lowest BCUT2D eigenvalue weighted by atomic mass is 10.00. The standard InChI is InChI=1S/C55H33N3/c1-2-16-40(17-3-1)57-52-27-25-37(31-47(52)48-29-34-12-4-5-13-35(34)33-53(48)57)36-24-26-51-46(30-36)43-20-8-9-23-50(43)58(51)41-18-10-14-38(28-41)49-32-39-15-11-22-44-42-19-6-7-21-45(42)55(56-49)54(39)44/h1-33H. The summed E-state index contributed by atoms with van der Waals surface area (Å²) < 4.78 is 4.82. The molecule has 58 heavy (non-hydrogen) atoms. The fraction of sp³-hybridized carbons (Fsp3) is 0. The van der Waals surface area contributed by atoms with E-state index in [1.165, 1.54) is 98.7 Å². The van der Waals surface area contributed by atoms with Gasteiger partial charge in [-0.05, 0) is 111 Å². The molecule has 3 heterocycles. The number of pyridine rings is 1. The summed E-state index contributed by atoms with van der Waals surface area (Å²) in [5, 5.41) is 9.95. The van der Waals surface area contributed by atoms with E-state index in [0.29, 0.717) is 0 Å². The van der Waals surface area contributed by atoms with E-state index in [1.54, 1.807) is 0 Å². The molecule has 0 unspecified atom stereocenters. The molecule has 1 aliphatic carbocycles. The van der Waals surface area contributed by atoms with Crippen LogP contribution in [-0.2, 0) is 0 Å². The van der Waals surface area contributed by atoms with Crippen molar-refractivity contribution in [1.82, 2.24) is 14.1 Å². The summed E-state index contributed by atoms with van der Waals surface area (Å²) in [6.45, 7) is 0. The van der Waals surface area contributed by atoms with Crippen LogP contribution in [0.4, 0.5) is 0 Å². The highest BCUT2D eigenvalue weighted by Gasteiger charge is 2.23. The van der Waals surface area contributed by atoms with Crippen LogP contribution in [-0.4, -0.2) is 14.1 Å². The number of benzene rings is 9. The van der Waals surface area contributed by atoms with Crippen LogP contribution in [0.1, 0.15) is 0 Å². The molecule has 0 atom stereocenters. The van der Waals surface area contributed by atoms with E-state index < -0.39 is 0 Å². The molecule has 0 saturated carbocycles. The molecule has 12 aromatic rings. The highest BCUT2D eigenvalue weighted by molar-refractivity contribution is 6.16. The van der Waals surface area contributed by atoms with E-state index in [-0.39, 0.29) is 0 Å². The second-order valence-corrected chi connectivity index (χ2v) is 15.6. The third-order valence-corrected chi connectivity index (χ3v) is 12.4. The summed E-state index contributed by atoms with van der Waals surface area (Å²) in [4.78, 5) is 5.34. The number of nitrogens with zero attached hydrogens (tertiary/aromatic N) is 3. The number of hydrogen-bond donors (Lipinski definition) is 0. The maximum Gasteiger partial charge on any atom is 0.0800 e. The minimum atomic E-state index is 0.985. The molecule has 0 saturated heterocycles. The van der Waals surface area contributed by atoms with Crippen LogP contribution in [0.25, 0.3) is 121 Å². The van der Waals surface area contributed by atoms with Crippen molar-refractivity contribution in [2.45, 2.75) is 0 Å². The van der Waals surface area contributed by atoms with Crippen molar-refractivity contribution in [3.8, 4) is 56.1 Å². The Balaban J connectivity index is 0.966. The Morgan fingerprint density at radius 3 is 1.72 bits per heavy atom. The largest absolute Gasteiger partial charge is 0.309 e. The van der Waals surface area contributed by atoms with E-state index in [0.717, 1.165) is 22.6 Å². The molecule has 3 heteroatoms. The average molecular weight is 736 g/mol. The van der Waals surface area contributed by atoms with Gasteiger partial charge >= 0.3 is 0 Å². The Morgan fingerprint density at radius 2 is 0.897 bits per heavy atom. The molecule has 1 aliphatic rings. The summed E-state index contributed by atoms with van der Waals surface area (Å²) in [5.41, 5.74) is 16.4. The van der Waals surface area contributed by atoms with Gasteiger partial charge in [0.25, 0.3) is 0 Å². The van der Waals surface area contributed by atoms with E-state index >= 15 is 0 Å². The van der Waals surface area contributed by atoms with Crippen LogP contribution < -0.4 is 0 Å². The molecule has 0 radical (unpaired) electrons. The predicted octanol–water partition coefficient (Wildman–Crippen LogP) is 14.6. The summed E-state index contributed by atoms with van der Waals surface area (Å²) in [6, 6.07) is 73.2. The van der Waals surface area contributed by atoms with Crippen LogP contribution in [0.2, 0.25) is 0 Å². The predicted molar refractivity (Wildman–Crippen MR) is 243 cm³/mol. The quantitative estimate of drug-likeness (QED) is 0.176. The van der Waals surface area contributed by atoms with E-state index in [4.69, 9.17) is 4.98 Å². The lowest BCUT2D eigenvalue weighted by molar-refractivity contribution is 1.18. The molecule has 0 bridgehead atoms. The fourth-order valence-electron chi connectivity index (χ4n) is 9.78. The Morgan fingerprint density at radius 1 is 0.310 bits per heavy atom. The molecular weight excluding hydrogens is 703 g/mol. The minimum absolute atomic E-state index is 0.985. The molecule has 0 amide bonds. The van der Waals surface area contributed by atoms with Gasteiger partial charge in [0.05, 0.1) is 33.5 Å². The first-order chi connectivity index (χ1) is 28.7. The summed E-state index contributed by atoms with van der Waals surface area (Å²) in [6.07, 6.45) is 0. The van der Waals surface area contributed by atoms with E-state index in [2.05, 4.69) is 209 Å². The molecule has 3 aromatic heterocycles. The van der Waals surface area contributed by atoms with Crippen LogP contribution >= 0.6 is 0 Å². The molecule has 0 fully saturated rings. The monoisotopic (exact) mass is 735 g/mol. The van der Waals surface area contributed by atoms with Crippen molar-refractivity contribution in [1.29, 1.82) is 0 Å². The van der Waals surface area contributed by atoms with Gasteiger partial charge < -0.3 is 9.13 Å². The lowest BCUT2D eigenvalue weighted by Gasteiger charge is -2.12. The number of fused-ring (bicyclic) bond motifs is 10. The minimum Gasteiger partial charge on any atom is -0.309 e. The zero-order valence-electron chi connectivity index (χ0n) is 31.4. The average Bonchev–Trinajstić information content (AvgIpc) is 3.91. The smallest absolute Gasteiger partial charge is 0.0800 e. The topological polar surface area (TPSA) is 22.8 Å². The van der Waals surface area contributed by atoms with Crippen molar-refractivity contribution in [3.63, 3.8) is 0 Å². The normalized spacial score (nSPS) is 12.1. The first-order valence-corrected chi connectivity index (χ1v) is 20.0. The molecular formula is C55H33N3. The highest BCUT2D eigenvalue weighted by atomic mass is 15.0. The van der Waals surface area contributed by atoms with Gasteiger partial charge in [0.2, 0.25) is 0 Å². The zero-order valence-corrected chi connectivity index (χ0v) is 31.4. The van der Waals surface area contributed by atoms with Crippen LogP contribution in [0.5, 0.6) is 0 Å². The van der Waals surface area contributed by atoms with Crippen LogP contribution in [0, 0.1) is 0 Å². The zero-order chi connectivity index (χ0) is 37.9. The van der Waals surface area contributed by atoms with Gasteiger partial charge in [-0.1, -0.05) is 127 Å². The van der Waals surface area contributed by atoms with E-state index in [9.17, 15) is 0 Å². The Labute approximate surface area is 334 Å². The van der Waals surface area contributed by atoms with Crippen molar-refractivity contribution in [2.24, 2.45) is 0 Å². The van der Waals surface area contributed by atoms with Gasteiger partial charge in [-0.2, -0.15) is 0 Å². The van der Waals surface area contributed by atoms with Gasteiger partial charge in [-0.15, -0.1) is 0 Å². The molecule has 0 spiro atoms. The number of para-hydroxylation sites is 2. The molecule has 9 aromatic carbocycles. The van der Waals surface area contributed by atoms with Gasteiger partial charge in [0.1, 0.15) is 0 Å². The lowest BCUT2D eigenvalue weighted by Crippen LogP contribution is -1.95. The van der Waals surface area contributed by atoms with Crippen molar-refractivity contribution >= 4 is 65.2 Å². The first kappa shape index (κ1) is 31.5. The molecule has 268 valence electrons. The first-order valence-electron chi connectivity index (χ1n) is 20.0. The third-order valence-electron chi connectivity index (χ3n) is 12.4. The Kier molecular flexibility index (Phi) is 6.44. The van der Waals surface area contributed by atoms with Gasteiger partial charge in [-0.25, -0.2) is 4.98 Å². The summed E-state index contributed by atoms with van der Waals surface area (Å²) >= 11 is 0. The highest BCUT2D eigenvalue weighted by Crippen LogP contribution is 2.47. The second kappa shape index (κ2) is 11.9. The Bertz CT molecular complexity index is 3680. The van der Waals surface area contributed by atoms with Crippen molar-refractivity contribution in [3.05, 3.63) is 200 Å². The maximum absolute atomic E-state index is 5.34. The van der Waals surface area contributed by atoms with Gasteiger partial charge in [-0.3, -0.25) is 0 Å². The molecule has 3 nitrogen and oxygen atoms in total. The SMILES string of the molecule is c1ccc(-n2c3ccc(-c4ccc5c(c4)c4ccccc4n5-c4cccc(-c5cc6cccc7c6c(n5)-c5ccccc5-7)c4)cc3c3cc4ccccc4cc32)cc1. The molecule has 0 N–H and O–H groups in total. The molecule has 13 rings (SSSR count). The van der Waals surface area contributed by atoms with Crippen LogP contribution in [0.15, 0.2) is 200 Å². The maximum atomic E-state index is 5.34. The third kappa shape index (κ3) is 4.47. The fourth-order valence-corrected chi connectivity index (χ4v) is 9.78. The summed E-state index contributed by atoms with van der Waals surface area (Å²) in [5.74, 6) is 0. The van der Waals surface area contributed by atoms with Gasteiger partial charge in [0.15, 0.2) is 0 Å². The molecule has 0 aliphatic heterocycles. The number of hydrogen-bond acceptors (Lipinski definition) is 1. The number of rotatable bonds is 4. The van der Waals surface area contributed by atoms with E-state index in [1.807, 2.05) is 0 Å². The van der Waals surface area contributed by atoms with Crippen molar-refractivity contribution < 1.29 is 0 Å². The second-order valence-electron chi connectivity index (χ2n) is 15.6. The van der Waals surface area contributed by atoms with Crippen molar-refractivity contribution in [2.75, 3.05) is 0 Å². The van der Waals surface area contributed by atoms with Gasteiger partial charge in [0, 0.05) is 49.4 Å². The van der Waals surface area contributed by atoms with Crippen LogP contribution in [0.3, 0.4) is 0 Å².